The lowest BCUT2D eigenvalue weighted by atomic mass is 10.0. The van der Waals surface area contributed by atoms with Gasteiger partial charge in [-0.25, -0.2) is 4.79 Å². The molecule has 0 bridgehead atoms. The number of carbonyl (C=O) groups is 2. The number of carbonyl (C=O) groups excluding carboxylic acids is 2. The van der Waals surface area contributed by atoms with Gasteiger partial charge in [0, 0.05) is 18.2 Å². The summed E-state index contributed by atoms with van der Waals surface area (Å²) in [5.74, 6) is 0.407. The average Bonchev–Trinajstić information content (AvgIpc) is 2.60. The van der Waals surface area contributed by atoms with Crippen LogP contribution in [0, 0.1) is 0 Å². The molecule has 1 heterocycles. The quantitative estimate of drug-likeness (QED) is 0.748. The van der Waals surface area contributed by atoms with E-state index in [2.05, 4.69) is 11.7 Å². The molecule has 1 amide bonds. The Balaban J connectivity index is 2.17. The highest BCUT2D eigenvalue weighted by atomic mass is 16.6. The van der Waals surface area contributed by atoms with Crippen molar-refractivity contribution in [2.45, 2.75) is 39.2 Å². The van der Waals surface area contributed by atoms with Crippen LogP contribution in [0.3, 0.4) is 0 Å². The van der Waals surface area contributed by atoms with Crippen LogP contribution in [0.2, 0.25) is 0 Å². The normalized spacial score (nSPS) is 17.3. The molecule has 132 valence electrons. The summed E-state index contributed by atoms with van der Waals surface area (Å²) in [5.41, 5.74) is 0.567. The number of nitrogens with zero attached hydrogens (tertiary/aromatic N) is 1. The summed E-state index contributed by atoms with van der Waals surface area (Å²) in [5, 5.41) is 0. The van der Waals surface area contributed by atoms with E-state index < -0.39 is 5.97 Å². The molecule has 6 nitrogen and oxygen atoms in total. The second kappa shape index (κ2) is 8.57. The highest BCUT2D eigenvalue weighted by molar-refractivity contribution is 5.95. The van der Waals surface area contributed by atoms with Gasteiger partial charge >= 0.3 is 5.97 Å². The average molecular weight is 335 g/mol. The smallest absolute Gasteiger partial charge is 0.343 e. The van der Waals surface area contributed by atoms with E-state index in [0.29, 0.717) is 23.7 Å². The maximum atomic E-state index is 12.7. The highest BCUT2D eigenvalue weighted by Crippen LogP contribution is 2.30. The van der Waals surface area contributed by atoms with Crippen LogP contribution in [0.1, 0.15) is 43.5 Å². The zero-order chi connectivity index (χ0) is 17.5. The fraction of sp³-hybridized carbons (Fsp3) is 0.556. The molecule has 0 aliphatic carbocycles. The number of piperidine rings is 1. The number of rotatable bonds is 6. The lowest BCUT2D eigenvalue weighted by Gasteiger charge is -2.33. The standard InChI is InChI=1S/C18H25NO5/c1-4-23-16-11-14(8-9-15(16)24-12-17(20)22-3)18(21)19-10-6-5-7-13(19)2/h8-9,11,13H,4-7,10,12H2,1-3H3/t13-/m0/s1. The van der Waals surface area contributed by atoms with E-state index >= 15 is 0 Å². The third-order valence-electron chi connectivity index (χ3n) is 4.13. The van der Waals surface area contributed by atoms with E-state index in [0.717, 1.165) is 25.8 Å². The number of hydrogen-bond donors (Lipinski definition) is 0. The Morgan fingerprint density at radius 2 is 2.00 bits per heavy atom. The Labute approximate surface area is 142 Å². The van der Waals surface area contributed by atoms with Crippen molar-refractivity contribution in [1.82, 2.24) is 4.90 Å². The third kappa shape index (κ3) is 4.40. The minimum atomic E-state index is -0.472. The number of methoxy groups -OCH3 is 1. The summed E-state index contributed by atoms with van der Waals surface area (Å²) >= 11 is 0. The van der Waals surface area contributed by atoms with Crippen LogP contribution < -0.4 is 9.47 Å². The predicted octanol–water partition coefficient (Wildman–Crippen LogP) is 2.65. The molecule has 0 aromatic heterocycles. The van der Waals surface area contributed by atoms with Crippen molar-refractivity contribution in [1.29, 1.82) is 0 Å². The van der Waals surface area contributed by atoms with Gasteiger partial charge in [-0.05, 0) is 51.3 Å². The van der Waals surface area contributed by atoms with Gasteiger partial charge in [-0.3, -0.25) is 4.79 Å². The number of amides is 1. The van der Waals surface area contributed by atoms with Crippen LogP contribution in [0.4, 0.5) is 0 Å². The van der Waals surface area contributed by atoms with Gasteiger partial charge in [0.2, 0.25) is 0 Å². The summed E-state index contributed by atoms with van der Waals surface area (Å²) in [4.78, 5) is 25.9. The van der Waals surface area contributed by atoms with Crippen LogP contribution in [0.5, 0.6) is 11.5 Å². The summed E-state index contributed by atoms with van der Waals surface area (Å²) in [7, 11) is 1.30. The van der Waals surface area contributed by atoms with Gasteiger partial charge in [-0.15, -0.1) is 0 Å². The minimum absolute atomic E-state index is 0.00247. The fourth-order valence-electron chi connectivity index (χ4n) is 2.79. The number of esters is 1. The van der Waals surface area contributed by atoms with Crippen LogP contribution in [0.15, 0.2) is 18.2 Å². The van der Waals surface area contributed by atoms with Crippen LogP contribution in [-0.2, 0) is 9.53 Å². The Bertz CT molecular complexity index is 587. The van der Waals surface area contributed by atoms with Gasteiger partial charge in [0.25, 0.3) is 5.91 Å². The van der Waals surface area contributed by atoms with Crippen molar-refractivity contribution in [3.63, 3.8) is 0 Å². The first-order valence-corrected chi connectivity index (χ1v) is 8.34. The van der Waals surface area contributed by atoms with E-state index in [1.807, 2.05) is 11.8 Å². The van der Waals surface area contributed by atoms with Crippen molar-refractivity contribution in [3.05, 3.63) is 23.8 Å². The van der Waals surface area contributed by atoms with E-state index in [-0.39, 0.29) is 18.6 Å². The van der Waals surface area contributed by atoms with Gasteiger partial charge in [0.15, 0.2) is 18.1 Å². The van der Waals surface area contributed by atoms with Crippen LogP contribution in [0.25, 0.3) is 0 Å². The van der Waals surface area contributed by atoms with Crippen molar-refractivity contribution >= 4 is 11.9 Å². The largest absolute Gasteiger partial charge is 0.490 e. The first-order valence-electron chi connectivity index (χ1n) is 8.34. The zero-order valence-corrected chi connectivity index (χ0v) is 14.5. The van der Waals surface area contributed by atoms with Crippen LogP contribution >= 0.6 is 0 Å². The van der Waals surface area contributed by atoms with Gasteiger partial charge < -0.3 is 19.1 Å². The molecule has 1 fully saturated rings. The molecule has 1 saturated heterocycles. The minimum Gasteiger partial charge on any atom is -0.490 e. The van der Waals surface area contributed by atoms with Crippen molar-refractivity contribution < 1.29 is 23.8 Å². The Kier molecular flexibility index (Phi) is 6.46. The SMILES string of the molecule is CCOc1cc(C(=O)N2CCCC[C@@H]2C)ccc1OCC(=O)OC. The molecule has 2 rings (SSSR count). The monoisotopic (exact) mass is 335 g/mol. The molecule has 0 unspecified atom stereocenters. The van der Waals surface area contributed by atoms with E-state index in [4.69, 9.17) is 9.47 Å². The molecular weight excluding hydrogens is 310 g/mol. The van der Waals surface area contributed by atoms with Crippen molar-refractivity contribution in [2.24, 2.45) is 0 Å². The van der Waals surface area contributed by atoms with Gasteiger partial charge in [0.1, 0.15) is 0 Å². The summed E-state index contributed by atoms with van der Waals surface area (Å²) in [6.07, 6.45) is 3.23. The van der Waals surface area contributed by atoms with E-state index in [9.17, 15) is 9.59 Å². The molecule has 6 heteroatoms. The molecule has 1 aliphatic heterocycles. The molecule has 0 saturated carbocycles. The maximum absolute atomic E-state index is 12.7. The molecular formula is C18H25NO5. The topological polar surface area (TPSA) is 65.1 Å². The van der Waals surface area contributed by atoms with Crippen LogP contribution in [-0.4, -0.2) is 49.7 Å². The number of hydrogen-bond acceptors (Lipinski definition) is 5. The molecule has 24 heavy (non-hydrogen) atoms. The Hall–Kier alpha value is -2.24. The van der Waals surface area contributed by atoms with Gasteiger partial charge in [-0.2, -0.15) is 0 Å². The maximum Gasteiger partial charge on any atom is 0.343 e. The molecule has 1 aliphatic rings. The number of ether oxygens (including phenoxy) is 3. The molecule has 0 N–H and O–H groups in total. The fourth-order valence-corrected chi connectivity index (χ4v) is 2.79. The lowest BCUT2D eigenvalue weighted by molar-refractivity contribution is -0.142. The summed E-state index contributed by atoms with van der Waals surface area (Å²) in [6, 6.07) is 5.30. The Morgan fingerprint density at radius 1 is 1.21 bits per heavy atom. The Morgan fingerprint density at radius 3 is 2.67 bits per heavy atom. The first-order chi connectivity index (χ1) is 11.6. The molecule has 1 atom stereocenters. The summed E-state index contributed by atoms with van der Waals surface area (Å²) in [6.45, 7) is 4.95. The zero-order valence-electron chi connectivity index (χ0n) is 14.5. The lowest BCUT2D eigenvalue weighted by Crippen LogP contribution is -2.42. The second-order valence-electron chi connectivity index (χ2n) is 5.80. The number of likely N-dealkylation sites (tertiary alicyclic amines) is 1. The number of benzene rings is 1. The third-order valence-corrected chi connectivity index (χ3v) is 4.13. The molecule has 1 aromatic rings. The van der Waals surface area contributed by atoms with Gasteiger partial charge in [0.05, 0.1) is 13.7 Å². The first kappa shape index (κ1) is 18.1. The predicted molar refractivity (Wildman–Crippen MR) is 89.5 cm³/mol. The molecule has 0 spiro atoms. The molecule has 1 aromatic carbocycles. The summed E-state index contributed by atoms with van der Waals surface area (Å²) < 4.78 is 15.5. The second-order valence-corrected chi connectivity index (χ2v) is 5.80. The van der Waals surface area contributed by atoms with Crippen molar-refractivity contribution in [3.8, 4) is 11.5 Å². The van der Waals surface area contributed by atoms with E-state index in [1.54, 1.807) is 18.2 Å². The van der Waals surface area contributed by atoms with Crippen molar-refractivity contribution in [2.75, 3.05) is 26.9 Å². The highest BCUT2D eigenvalue weighted by Gasteiger charge is 2.25. The van der Waals surface area contributed by atoms with E-state index in [1.165, 1.54) is 7.11 Å². The van der Waals surface area contributed by atoms with Gasteiger partial charge in [-0.1, -0.05) is 0 Å². The molecule has 0 radical (unpaired) electrons.